The van der Waals surface area contributed by atoms with Crippen LogP contribution < -0.4 is 5.32 Å². The van der Waals surface area contributed by atoms with Gasteiger partial charge in [0.2, 0.25) is 0 Å². The Labute approximate surface area is 120 Å². The minimum Gasteiger partial charge on any atom is -0.380 e. The molecule has 0 aliphatic heterocycles. The number of hydrogen-bond acceptors (Lipinski definition) is 2. The summed E-state index contributed by atoms with van der Waals surface area (Å²) in [7, 11) is 3.53. The van der Waals surface area contributed by atoms with Gasteiger partial charge in [-0.05, 0) is 24.6 Å². The molecular formula is C17H20N2O. The lowest BCUT2D eigenvalue weighted by atomic mass is 10.1. The number of aryl methyl sites for hydroxylation is 1. The Kier molecular flexibility index (Phi) is 4.41. The molecule has 0 fully saturated rings. The maximum absolute atomic E-state index is 12.1. The van der Waals surface area contributed by atoms with Crippen LogP contribution in [0.2, 0.25) is 0 Å². The minimum atomic E-state index is 0.0114. The van der Waals surface area contributed by atoms with Crippen molar-refractivity contribution in [2.45, 2.75) is 13.5 Å². The van der Waals surface area contributed by atoms with Gasteiger partial charge < -0.3 is 10.2 Å². The molecule has 0 saturated carbocycles. The van der Waals surface area contributed by atoms with Crippen LogP contribution in [0.25, 0.3) is 0 Å². The van der Waals surface area contributed by atoms with Crippen molar-refractivity contribution in [1.82, 2.24) is 4.90 Å². The predicted molar refractivity (Wildman–Crippen MR) is 83.0 cm³/mol. The summed E-state index contributed by atoms with van der Waals surface area (Å²) >= 11 is 0. The maximum atomic E-state index is 12.1. The first-order chi connectivity index (χ1) is 9.58. The first-order valence-electron chi connectivity index (χ1n) is 6.68. The molecule has 20 heavy (non-hydrogen) atoms. The first kappa shape index (κ1) is 14.1. The van der Waals surface area contributed by atoms with Crippen molar-refractivity contribution in [2.75, 3.05) is 19.4 Å². The molecule has 0 unspecified atom stereocenters. The normalized spacial score (nSPS) is 10.2. The monoisotopic (exact) mass is 268 g/mol. The van der Waals surface area contributed by atoms with Gasteiger partial charge >= 0.3 is 0 Å². The van der Waals surface area contributed by atoms with E-state index in [2.05, 4.69) is 30.4 Å². The van der Waals surface area contributed by atoms with Crippen LogP contribution in [0.4, 0.5) is 5.69 Å². The molecule has 2 aromatic carbocycles. The third-order valence-electron chi connectivity index (χ3n) is 3.13. The number of nitrogens with one attached hydrogen (secondary N) is 1. The molecule has 1 amide bonds. The van der Waals surface area contributed by atoms with E-state index >= 15 is 0 Å². The third-order valence-corrected chi connectivity index (χ3v) is 3.13. The molecule has 0 atom stereocenters. The Morgan fingerprint density at radius 2 is 1.85 bits per heavy atom. The molecule has 2 rings (SSSR count). The SMILES string of the molecule is Cc1cccc(CNc2ccccc2C(=O)N(C)C)c1. The number of nitrogens with zero attached hydrogens (tertiary/aromatic N) is 1. The quantitative estimate of drug-likeness (QED) is 0.922. The highest BCUT2D eigenvalue weighted by atomic mass is 16.2. The second kappa shape index (κ2) is 6.24. The highest BCUT2D eigenvalue weighted by Gasteiger charge is 2.12. The van der Waals surface area contributed by atoms with Crippen molar-refractivity contribution >= 4 is 11.6 Å². The Hall–Kier alpha value is -2.29. The highest BCUT2D eigenvalue weighted by Crippen LogP contribution is 2.17. The van der Waals surface area contributed by atoms with E-state index in [9.17, 15) is 4.79 Å². The van der Waals surface area contributed by atoms with Crippen LogP contribution in [0.5, 0.6) is 0 Å². The fraction of sp³-hybridized carbons (Fsp3) is 0.235. The van der Waals surface area contributed by atoms with Gasteiger partial charge in [0.15, 0.2) is 0 Å². The van der Waals surface area contributed by atoms with Crippen LogP contribution in [0.15, 0.2) is 48.5 Å². The summed E-state index contributed by atoms with van der Waals surface area (Å²) in [5.74, 6) is 0.0114. The van der Waals surface area contributed by atoms with Gasteiger partial charge in [0.25, 0.3) is 5.91 Å². The molecule has 0 bridgehead atoms. The zero-order valence-corrected chi connectivity index (χ0v) is 12.2. The summed E-state index contributed by atoms with van der Waals surface area (Å²) in [6.07, 6.45) is 0. The van der Waals surface area contributed by atoms with E-state index in [1.54, 1.807) is 19.0 Å². The van der Waals surface area contributed by atoms with Gasteiger partial charge in [-0.1, -0.05) is 42.0 Å². The molecule has 0 aliphatic carbocycles. The molecule has 3 nitrogen and oxygen atoms in total. The molecule has 0 spiro atoms. The second-order valence-electron chi connectivity index (χ2n) is 5.09. The standard InChI is InChI=1S/C17H20N2O/c1-13-7-6-8-14(11-13)12-18-16-10-5-4-9-15(16)17(20)19(2)3/h4-11,18H,12H2,1-3H3. The van der Waals surface area contributed by atoms with E-state index in [-0.39, 0.29) is 5.91 Å². The zero-order chi connectivity index (χ0) is 14.5. The number of benzene rings is 2. The number of hydrogen-bond donors (Lipinski definition) is 1. The fourth-order valence-corrected chi connectivity index (χ4v) is 2.08. The van der Waals surface area contributed by atoms with Gasteiger partial charge in [-0.3, -0.25) is 4.79 Å². The van der Waals surface area contributed by atoms with Crippen molar-refractivity contribution in [2.24, 2.45) is 0 Å². The smallest absolute Gasteiger partial charge is 0.255 e. The molecule has 0 aromatic heterocycles. The average molecular weight is 268 g/mol. The molecule has 104 valence electrons. The van der Waals surface area contributed by atoms with Crippen LogP contribution >= 0.6 is 0 Å². The van der Waals surface area contributed by atoms with Gasteiger partial charge in [0, 0.05) is 26.3 Å². The van der Waals surface area contributed by atoms with Crippen LogP contribution in [0, 0.1) is 6.92 Å². The lowest BCUT2D eigenvalue weighted by Gasteiger charge is -2.15. The summed E-state index contributed by atoms with van der Waals surface area (Å²) in [5.41, 5.74) is 4.01. The summed E-state index contributed by atoms with van der Waals surface area (Å²) in [4.78, 5) is 13.7. The molecule has 0 heterocycles. The Morgan fingerprint density at radius 3 is 2.55 bits per heavy atom. The lowest BCUT2D eigenvalue weighted by molar-refractivity contribution is 0.0828. The van der Waals surface area contributed by atoms with E-state index in [1.165, 1.54) is 11.1 Å². The van der Waals surface area contributed by atoms with Crippen LogP contribution in [0.3, 0.4) is 0 Å². The zero-order valence-electron chi connectivity index (χ0n) is 12.2. The van der Waals surface area contributed by atoms with E-state index in [1.807, 2.05) is 30.3 Å². The molecule has 0 saturated heterocycles. The summed E-state index contributed by atoms with van der Waals surface area (Å²) < 4.78 is 0. The number of carbonyl (C=O) groups is 1. The van der Waals surface area contributed by atoms with Crippen LogP contribution in [-0.4, -0.2) is 24.9 Å². The largest absolute Gasteiger partial charge is 0.380 e. The van der Waals surface area contributed by atoms with Gasteiger partial charge in [-0.25, -0.2) is 0 Å². The van der Waals surface area contributed by atoms with Crippen LogP contribution in [0.1, 0.15) is 21.5 Å². The maximum Gasteiger partial charge on any atom is 0.255 e. The van der Waals surface area contributed by atoms with E-state index in [4.69, 9.17) is 0 Å². The van der Waals surface area contributed by atoms with Crippen molar-refractivity contribution in [1.29, 1.82) is 0 Å². The van der Waals surface area contributed by atoms with Gasteiger partial charge in [-0.2, -0.15) is 0 Å². The highest BCUT2D eigenvalue weighted by molar-refractivity contribution is 5.99. The van der Waals surface area contributed by atoms with Gasteiger partial charge in [0.05, 0.1) is 5.56 Å². The van der Waals surface area contributed by atoms with Gasteiger partial charge in [0.1, 0.15) is 0 Å². The topological polar surface area (TPSA) is 32.3 Å². The Morgan fingerprint density at radius 1 is 1.10 bits per heavy atom. The second-order valence-corrected chi connectivity index (χ2v) is 5.09. The molecule has 1 N–H and O–H groups in total. The minimum absolute atomic E-state index is 0.0114. The average Bonchev–Trinajstić information content (AvgIpc) is 2.44. The van der Waals surface area contributed by atoms with Crippen molar-refractivity contribution in [3.63, 3.8) is 0 Å². The summed E-state index contributed by atoms with van der Waals surface area (Å²) in [6.45, 7) is 2.78. The first-order valence-corrected chi connectivity index (χ1v) is 6.68. The number of amides is 1. The lowest BCUT2D eigenvalue weighted by Crippen LogP contribution is -2.22. The number of para-hydroxylation sites is 1. The molecular weight excluding hydrogens is 248 g/mol. The van der Waals surface area contributed by atoms with Gasteiger partial charge in [-0.15, -0.1) is 0 Å². The molecule has 0 radical (unpaired) electrons. The van der Waals surface area contributed by atoms with Crippen molar-refractivity contribution in [3.8, 4) is 0 Å². The third kappa shape index (κ3) is 3.38. The molecule has 3 heteroatoms. The summed E-state index contributed by atoms with van der Waals surface area (Å²) in [6, 6.07) is 15.9. The van der Waals surface area contributed by atoms with E-state index in [0.29, 0.717) is 12.1 Å². The fourth-order valence-electron chi connectivity index (χ4n) is 2.08. The number of rotatable bonds is 4. The van der Waals surface area contributed by atoms with E-state index < -0.39 is 0 Å². The van der Waals surface area contributed by atoms with Crippen LogP contribution in [-0.2, 0) is 6.54 Å². The Bertz CT molecular complexity index is 605. The van der Waals surface area contributed by atoms with Crippen molar-refractivity contribution in [3.05, 3.63) is 65.2 Å². The predicted octanol–water partition coefficient (Wildman–Crippen LogP) is 3.31. The molecule has 2 aromatic rings. The summed E-state index contributed by atoms with van der Waals surface area (Å²) in [5, 5.41) is 3.35. The molecule has 0 aliphatic rings. The van der Waals surface area contributed by atoms with Crippen molar-refractivity contribution < 1.29 is 4.79 Å². The number of carbonyl (C=O) groups excluding carboxylic acids is 1. The number of anilines is 1. The Balaban J connectivity index is 2.16. The van der Waals surface area contributed by atoms with E-state index in [0.717, 1.165) is 5.69 Å².